The van der Waals surface area contributed by atoms with Crippen LogP contribution in [0.1, 0.15) is 13.8 Å². The molecule has 0 unspecified atom stereocenters. The molecule has 18 heavy (non-hydrogen) atoms. The van der Waals surface area contributed by atoms with Crippen molar-refractivity contribution in [2.75, 3.05) is 5.32 Å². The van der Waals surface area contributed by atoms with Crippen LogP contribution in [-0.2, 0) is 37.3 Å². The molecule has 0 saturated carbocycles. The molecule has 0 radical (unpaired) electrons. The van der Waals surface area contributed by atoms with Gasteiger partial charge in [0.2, 0.25) is 0 Å². The first-order valence-electron chi connectivity index (χ1n) is 5.08. The van der Waals surface area contributed by atoms with Crippen LogP contribution in [-0.4, -0.2) is 16.8 Å². The second-order valence-corrected chi connectivity index (χ2v) is 8.77. The summed E-state index contributed by atoms with van der Waals surface area (Å²) in [4.78, 5) is 31.9. The van der Waals surface area contributed by atoms with Crippen LogP contribution in [0, 0.1) is 10.1 Å². The van der Waals surface area contributed by atoms with Gasteiger partial charge in [-0.3, -0.25) is 0 Å². The number of carbonyl (C=O) groups excluding carboxylic acids is 2. The van der Waals surface area contributed by atoms with Crippen LogP contribution in [0.5, 0.6) is 0 Å². The number of carbonyl (C=O) groups is 2. The van der Waals surface area contributed by atoms with Crippen molar-refractivity contribution in [3.63, 3.8) is 0 Å². The molecule has 0 spiro atoms. The number of nitro groups is 1. The van der Waals surface area contributed by atoms with Crippen molar-refractivity contribution >= 4 is 26.3 Å². The Kier molecular flexibility index (Phi) is 5.20. The predicted molar refractivity (Wildman–Crippen MR) is 58.8 cm³/mol. The Bertz CT molecular complexity index is 503. The van der Waals surface area contributed by atoms with E-state index in [0.717, 1.165) is 0 Å². The summed E-state index contributed by atoms with van der Waals surface area (Å²) in [6.07, 6.45) is 0. The molecule has 7 nitrogen and oxygen atoms in total. The van der Waals surface area contributed by atoms with Gasteiger partial charge in [-0.1, -0.05) is 0 Å². The van der Waals surface area contributed by atoms with Gasteiger partial charge in [-0.25, -0.2) is 0 Å². The summed E-state index contributed by atoms with van der Waals surface area (Å²) in [6, 6.07) is 4.12. The van der Waals surface area contributed by atoms with Gasteiger partial charge < -0.3 is 0 Å². The molecule has 1 rings (SSSR count). The van der Waals surface area contributed by atoms with Crippen LogP contribution in [0.2, 0.25) is 0 Å². The van der Waals surface area contributed by atoms with E-state index < -0.39 is 35.9 Å². The molecule has 0 heterocycles. The van der Waals surface area contributed by atoms with Gasteiger partial charge in [-0.2, -0.15) is 0 Å². The van der Waals surface area contributed by atoms with E-state index in [1.807, 2.05) is 0 Å². The van der Waals surface area contributed by atoms with Crippen molar-refractivity contribution in [3.8, 4) is 0 Å². The van der Waals surface area contributed by atoms with E-state index in [4.69, 9.17) is 2.64 Å². The van der Waals surface area contributed by atoms with Gasteiger partial charge in [-0.05, 0) is 0 Å². The maximum absolute atomic E-state index is 11.0. The van der Waals surface area contributed by atoms with Gasteiger partial charge in [0.05, 0.1) is 0 Å². The second kappa shape index (κ2) is 6.43. The number of benzene rings is 1. The maximum atomic E-state index is 11.0. The molecule has 0 bridgehead atoms. The van der Waals surface area contributed by atoms with Crippen LogP contribution in [0.25, 0.3) is 0 Å². The quantitative estimate of drug-likeness (QED) is 0.425. The molecule has 0 saturated heterocycles. The van der Waals surface area contributed by atoms with E-state index in [0.29, 0.717) is 8.76 Å². The summed E-state index contributed by atoms with van der Waals surface area (Å²) < 4.78 is 5.59. The Morgan fingerprint density at radius 2 is 2.06 bits per heavy atom. The second-order valence-electron chi connectivity index (χ2n) is 3.56. The zero-order chi connectivity index (χ0) is 13.7. The van der Waals surface area contributed by atoms with Crippen molar-refractivity contribution in [2.45, 2.75) is 13.8 Å². The minimum atomic E-state index is -2.25. The summed E-state index contributed by atoms with van der Waals surface area (Å²) in [5, 5.41) is 13.2. The van der Waals surface area contributed by atoms with Crippen LogP contribution in [0.4, 0.5) is 11.4 Å². The van der Waals surface area contributed by atoms with Gasteiger partial charge in [0.1, 0.15) is 0 Å². The molecule has 92 valence electrons. The first-order chi connectivity index (χ1) is 8.40. The Morgan fingerprint density at radius 1 is 1.39 bits per heavy atom. The van der Waals surface area contributed by atoms with Crippen molar-refractivity contribution in [1.82, 2.24) is 0 Å². The molecule has 1 amide bonds. The van der Waals surface area contributed by atoms with Gasteiger partial charge in [-0.15, -0.1) is 0 Å². The van der Waals surface area contributed by atoms with Crippen molar-refractivity contribution in [1.29, 1.82) is 0 Å². The molecule has 0 aromatic heterocycles. The zero-order valence-corrected chi connectivity index (χ0v) is 15.4. The molecule has 0 fully saturated rings. The average molecular weight is 439 g/mol. The normalized spacial score (nSPS) is 9.22. The summed E-state index contributed by atoms with van der Waals surface area (Å²) >= 11 is -2.25. The first-order valence-corrected chi connectivity index (χ1v) is 10.1. The van der Waals surface area contributed by atoms with E-state index in [1.165, 1.54) is 32.0 Å². The summed E-state index contributed by atoms with van der Waals surface area (Å²) in [6.45, 7) is 2.63. The SMILES string of the molecule is CC(=O)Nc1ccc([N+](=O)[O-])c[c]1[Hg][O]C(C)=O. The molecule has 8 heteroatoms. The number of anilines is 1. The zero-order valence-electron chi connectivity index (χ0n) is 9.93. The van der Waals surface area contributed by atoms with Gasteiger partial charge in [0, 0.05) is 0 Å². The van der Waals surface area contributed by atoms with Crippen molar-refractivity contribution in [3.05, 3.63) is 28.3 Å². The van der Waals surface area contributed by atoms with Gasteiger partial charge >= 0.3 is 116 Å². The van der Waals surface area contributed by atoms with Crippen LogP contribution < -0.4 is 8.39 Å². The number of nitrogens with zero attached hydrogens (tertiary/aromatic N) is 1. The van der Waals surface area contributed by atoms with E-state index >= 15 is 0 Å². The number of rotatable bonds is 4. The molecule has 1 aromatic rings. The topological polar surface area (TPSA) is 98.5 Å². The van der Waals surface area contributed by atoms with E-state index in [9.17, 15) is 19.7 Å². The minimum absolute atomic E-state index is 0.0775. The molecule has 1 N–H and O–H groups in total. The number of nitrogens with one attached hydrogen (secondary N) is 1. The van der Waals surface area contributed by atoms with E-state index in [1.54, 1.807) is 0 Å². The number of non-ortho nitro benzene ring substituents is 1. The Labute approximate surface area is 116 Å². The molecule has 0 atom stereocenters. The first kappa shape index (κ1) is 14.6. The molecule has 0 aliphatic rings. The van der Waals surface area contributed by atoms with Crippen molar-refractivity contribution < 1.29 is 42.2 Å². The third-order valence-electron chi connectivity index (χ3n) is 2.04. The standard InChI is InChI=1S/C8H7N2O3.C2H4O2.Hg/c1-6(11)9-7-2-4-8(5-3-7)10(12)13;1-2(3)4;/h2,4-5H,1H3,(H,9,11);1H3,(H,3,4);/q;;+1/p-1. The van der Waals surface area contributed by atoms with Crippen molar-refractivity contribution in [2.24, 2.45) is 0 Å². The Morgan fingerprint density at radius 3 is 2.56 bits per heavy atom. The van der Waals surface area contributed by atoms with E-state index in [2.05, 4.69) is 5.32 Å². The molecule has 0 aliphatic carbocycles. The number of amides is 1. The van der Waals surface area contributed by atoms with Crippen LogP contribution >= 0.6 is 0 Å². The fourth-order valence-corrected chi connectivity index (χ4v) is 5.24. The predicted octanol–water partition coefficient (Wildman–Crippen LogP) is 0.739. The third kappa shape index (κ3) is 4.40. The van der Waals surface area contributed by atoms with Gasteiger partial charge in [0.25, 0.3) is 0 Å². The Balaban J connectivity index is 3.04. The van der Waals surface area contributed by atoms with E-state index in [-0.39, 0.29) is 11.6 Å². The molecule has 0 aliphatic heterocycles. The van der Waals surface area contributed by atoms with Crippen LogP contribution in [0.15, 0.2) is 18.2 Å². The molecule has 1 aromatic carbocycles. The number of hydrogen-bond acceptors (Lipinski definition) is 5. The Hall–Kier alpha value is -1.50. The summed E-state index contributed by atoms with van der Waals surface area (Å²) in [5.74, 6) is -0.682. The fraction of sp³-hybridized carbons (Fsp3) is 0.200. The third-order valence-corrected chi connectivity index (χ3v) is 7.67. The summed E-state index contributed by atoms with van der Waals surface area (Å²) in [5.41, 5.74) is 0.405. The fourth-order valence-electron chi connectivity index (χ4n) is 1.30. The number of hydrogen-bond donors (Lipinski definition) is 1. The monoisotopic (exact) mass is 440 g/mol. The molecular weight excluding hydrogens is 429 g/mol. The van der Waals surface area contributed by atoms with Gasteiger partial charge in [0.15, 0.2) is 0 Å². The summed E-state index contributed by atoms with van der Waals surface area (Å²) in [7, 11) is 0. The molecular formula is C10H10HgN2O5. The number of nitro benzene ring substituents is 1. The van der Waals surface area contributed by atoms with Crippen LogP contribution in [0.3, 0.4) is 0 Å². The average Bonchev–Trinajstić information content (AvgIpc) is 2.26.